The number of hydrogen-bond acceptors (Lipinski definition) is 2. The Kier molecular flexibility index (Phi) is 4.88. The summed E-state index contributed by atoms with van der Waals surface area (Å²) in [5.74, 6) is 0.0487. The monoisotopic (exact) mass is 384 g/mol. The molecule has 0 radical (unpaired) electrons. The first-order valence-corrected chi connectivity index (χ1v) is 8.55. The van der Waals surface area contributed by atoms with Gasteiger partial charge in [0.2, 0.25) is 0 Å². The van der Waals surface area contributed by atoms with E-state index in [2.05, 4.69) is 0 Å². The van der Waals surface area contributed by atoms with Crippen molar-refractivity contribution in [3.63, 3.8) is 0 Å². The van der Waals surface area contributed by atoms with Gasteiger partial charge in [0.25, 0.3) is 0 Å². The van der Waals surface area contributed by atoms with Gasteiger partial charge >= 0.3 is 13.2 Å². The van der Waals surface area contributed by atoms with Crippen molar-refractivity contribution >= 4 is 24.6 Å². The zero-order valence-electron chi connectivity index (χ0n) is 14.8. The van der Waals surface area contributed by atoms with Crippen molar-refractivity contribution in [2.45, 2.75) is 20.0 Å². The van der Waals surface area contributed by atoms with Crippen LogP contribution in [0.2, 0.25) is 0 Å². The van der Waals surface area contributed by atoms with E-state index in [9.17, 15) is 21.8 Å². The molecule has 0 unspecified atom stereocenters. The summed E-state index contributed by atoms with van der Waals surface area (Å²) in [6, 6.07) is 8.57. The summed E-state index contributed by atoms with van der Waals surface area (Å²) in [5, 5.41) is 0. The summed E-state index contributed by atoms with van der Waals surface area (Å²) in [6.45, 7) is 5.36. The number of anilines is 1. The first-order chi connectivity index (χ1) is 12.7. The number of rotatable bonds is 4. The van der Waals surface area contributed by atoms with Crippen LogP contribution in [0.15, 0.2) is 42.5 Å². The molecule has 1 aliphatic rings. The summed E-state index contributed by atoms with van der Waals surface area (Å²) in [6.07, 6.45) is -3.32. The second-order valence-electron chi connectivity index (χ2n) is 6.15. The van der Waals surface area contributed by atoms with E-state index in [0.717, 1.165) is 43.0 Å². The van der Waals surface area contributed by atoms with Crippen molar-refractivity contribution < 1.29 is 30.9 Å². The molecular weight excluding hydrogens is 366 g/mol. The summed E-state index contributed by atoms with van der Waals surface area (Å²) < 4.78 is 72.7. The third-order valence-corrected chi connectivity index (χ3v) is 4.49. The number of nitrogens with zero attached hydrogens (tertiary/aromatic N) is 2. The minimum atomic E-state index is -4.53. The van der Waals surface area contributed by atoms with Crippen molar-refractivity contribution in [3.05, 3.63) is 53.6 Å². The van der Waals surface area contributed by atoms with E-state index >= 15 is 0 Å². The second-order valence-corrected chi connectivity index (χ2v) is 6.15. The second kappa shape index (κ2) is 6.86. The van der Waals surface area contributed by atoms with Crippen molar-refractivity contribution in [1.82, 2.24) is 0 Å². The molecule has 0 saturated heterocycles. The predicted molar refractivity (Wildman–Crippen MR) is 95.1 cm³/mol. The molecule has 3 nitrogen and oxygen atoms in total. The SMILES string of the molecule is CCN(CC)c1ccc2c(c1)O[B-](F)(F)[N+](c1ccc(C(F)(F)F)cc1)=C2. The van der Waals surface area contributed by atoms with Crippen LogP contribution in [-0.2, 0) is 6.18 Å². The van der Waals surface area contributed by atoms with E-state index in [1.54, 1.807) is 18.2 Å². The topological polar surface area (TPSA) is 15.5 Å². The van der Waals surface area contributed by atoms with Crippen LogP contribution in [0.1, 0.15) is 25.0 Å². The van der Waals surface area contributed by atoms with E-state index in [-0.39, 0.29) is 11.4 Å². The summed E-state index contributed by atoms with van der Waals surface area (Å²) >= 11 is 0. The van der Waals surface area contributed by atoms with Crippen LogP contribution in [0.4, 0.5) is 33.2 Å². The largest absolute Gasteiger partial charge is 0.834 e. The van der Waals surface area contributed by atoms with Crippen LogP contribution < -0.4 is 9.55 Å². The first-order valence-electron chi connectivity index (χ1n) is 8.55. The number of hydrogen-bond donors (Lipinski definition) is 0. The molecule has 0 aliphatic carbocycles. The third-order valence-electron chi connectivity index (χ3n) is 4.49. The Morgan fingerprint density at radius 2 is 1.63 bits per heavy atom. The minimum Gasteiger partial charge on any atom is -0.599 e. The van der Waals surface area contributed by atoms with E-state index < -0.39 is 18.8 Å². The molecule has 0 N–H and O–H groups in total. The molecular formula is C18H18BF5N2O. The normalized spacial score (nSPS) is 15.6. The maximum atomic E-state index is 14.6. The predicted octanol–water partition coefficient (Wildman–Crippen LogP) is 5.08. The minimum absolute atomic E-state index is 0.0487. The molecule has 0 saturated carbocycles. The van der Waals surface area contributed by atoms with Gasteiger partial charge in [0.15, 0.2) is 5.69 Å². The molecule has 0 aromatic heterocycles. The molecule has 2 aromatic carbocycles. The molecule has 1 aliphatic heterocycles. The zero-order chi connectivity index (χ0) is 19.8. The number of fused-ring (bicyclic) bond motifs is 1. The fraction of sp³-hybridized carbons (Fsp3) is 0.278. The highest BCUT2D eigenvalue weighted by Gasteiger charge is 2.50. The average Bonchev–Trinajstić information content (AvgIpc) is 2.61. The van der Waals surface area contributed by atoms with Gasteiger partial charge in [-0.05, 0) is 38.1 Å². The maximum absolute atomic E-state index is 14.6. The number of benzene rings is 2. The molecule has 3 rings (SSSR count). The van der Waals surface area contributed by atoms with Gasteiger partial charge in [-0.15, -0.1) is 0 Å². The van der Waals surface area contributed by atoms with Crippen molar-refractivity contribution in [1.29, 1.82) is 0 Å². The maximum Gasteiger partial charge on any atom is 0.834 e. The first kappa shape index (κ1) is 19.2. The van der Waals surface area contributed by atoms with Gasteiger partial charge in [0.1, 0.15) is 6.21 Å². The van der Waals surface area contributed by atoms with Crippen LogP contribution >= 0.6 is 0 Å². The lowest BCUT2D eigenvalue weighted by molar-refractivity contribution is -0.343. The fourth-order valence-electron chi connectivity index (χ4n) is 3.03. The van der Waals surface area contributed by atoms with Crippen molar-refractivity contribution in [3.8, 4) is 5.75 Å². The Bertz CT molecular complexity index is 861. The molecule has 2 aromatic rings. The molecule has 0 amide bonds. The molecule has 27 heavy (non-hydrogen) atoms. The Balaban J connectivity index is 2.00. The van der Waals surface area contributed by atoms with Gasteiger partial charge in [-0.25, -0.2) is 0 Å². The van der Waals surface area contributed by atoms with Crippen LogP contribution in [-0.4, -0.2) is 30.8 Å². The van der Waals surface area contributed by atoms with Gasteiger partial charge in [-0.1, -0.05) is 0 Å². The van der Waals surface area contributed by atoms with Gasteiger partial charge in [0, 0.05) is 37.0 Å². The van der Waals surface area contributed by atoms with E-state index in [1.165, 1.54) is 6.21 Å². The molecule has 0 fully saturated rings. The molecule has 0 atom stereocenters. The lowest BCUT2D eigenvalue weighted by Crippen LogP contribution is -2.46. The fourth-order valence-corrected chi connectivity index (χ4v) is 3.03. The van der Waals surface area contributed by atoms with Crippen molar-refractivity contribution in [2.24, 2.45) is 0 Å². The molecule has 1 heterocycles. The molecule has 9 heteroatoms. The van der Waals surface area contributed by atoms with Gasteiger partial charge in [-0.3, -0.25) is 0 Å². The van der Waals surface area contributed by atoms with Crippen LogP contribution in [0.5, 0.6) is 5.75 Å². The molecule has 144 valence electrons. The van der Waals surface area contributed by atoms with Crippen LogP contribution in [0, 0.1) is 0 Å². The lowest BCUT2D eigenvalue weighted by Gasteiger charge is -2.30. The summed E-state index contributed by atoms with van der Waals surface area (Å²) in [4.78, 5) is 2.00. The van der Waals surface area contributed by atoms with Gasteiger partial charge < -0.3 is 22.7 Å². The van der Waals surface area contributed by atoms with Crippen LogP contribution in [0.3, 0.4) is 0 Å². The quantitative estimate of drug-likeness (QED) is 0.540. The Hall–Kier alpha value is -2.58. The summed E-state index contributed by atoms with van der Waals surface area (Å²) in [5.41, 5.74) is 0.219. The number of halogens is 5. The van der Waals surface area contributed by atoms with E-state index in [4.69, 9.17) is 4.65 Å². The van der Waals surface area contributed by atoms with Gasteiger partial charge in [0.05, 0.1) is 16.9 Å². The number of alkyl halides is 3. The third kappa shape index (κ3) is 3.77. The molecule has 0 spiro atoms. The Morgan fingerprint density at radius 3 is 2.19 bits per heavy atom. The smallest absolute Gasteiger partial charge is 0.599 e. The lowest BCUT2D eigenvalue weighted by atomic mass is 9.97. The highest BCUT2D eigenvalue weighted by Crippen LogP contribution is 2.35. The van der Waals surface area contributed by atoms with Crippen molar-refractivity contribution in [2.75, 3.05) is 18.0 Å². The standard InChI is InChI=1S/C18H18BF5N2O/c1-3-25(4-2)16-8-5-13-12-26(19(23,24)27-17(13)11-16)15-9-6-14(7-10-15)18(20,21)22/h5-12H,3-4H2,1-2H3. The van der Waals surface area contributed by atoms with E-state index in [1.807, 2.05) is 18.7 Å². The Morgan fingerprint density at radius 1 is 1.00 bits per heavy atom. The van der Waals surface area contributed by atoms with Crippen LogP contribution in [0.25, 0.3) is 0 Å². The molecule has 0 bridgehead atoms. The highest BCUT2D eigenvalue weighted by molar-refractivity contribution is 6.53. The summed E-state index contributed by atoms with van der Waals surface area (Å²) in [7, 11) is -4.47. The Labute approximate surface area is 153 Å². The van der Waals surface area contributed by atoms with E-state index in [0.29, 0.717) is 10.0 Å². The average molecular weight is 384 g/mol. The van der Waals surface area contributed by atoms with Gasteiger partial charge in [-0.2, -0.15) is 13.2 Å². The zero-order valence-corrected chi connectivity index (χ0v) is 14.8. The highest BCUT2D eigenvalue weighted by atomic mass is 19.4.